The standard InChI is InChI=1S/C17H28.C2H6/c1-3-4-5-6-7-8-9-10-11-17-14-12-16(2)13-15-17;1-2/h12-15H,3-11H2,1-2H3;1-2H3. The Balaban J connectivity index is 0.00000154. The lowest BCUT2D eigenvalue weighted by Crippen LogP contribution is -1.86. The van der Waals surface area contributed by atoms with Gasteiger partial charge in [-0.25, -0.2) is 0 Å². The van der Waals surface area contributed by atoms with Crippen molar-refractivity contribution in [3.63, 3.8) is 0 Å². The zero-order valence-corrected chi connectivity index (χ0v) is 13.7. The fourth-order valence-electron chi connectivity index (χ4n) is 2.22. The number of rotatable bonds is 9. The molecule has 0 bridgehead atoms. The predicted molar refractivity (Wildman–Crippen MR) is 88.8 cm³/mol. The number of hydrogen-bond donors (Lipinski definition) is 0. The van der Waals surface area contributed by atoms with E-state index in [1.807, 2.05) is 13.8 Å². The SMILES string of the molecule is CC.CCCCCCCCCCc1ccc(C)cc1. The minimum Gasteiger partial charge on any atom is -0.0683 e. The average Bonchev–Trinajstić information content (AvgIpc) is 2.46. The van der Waals surface area contributed by atoms with Crippen LogP contribution in [0.1, 0.15) is 83.3 Å². The van der Waals surface area contributed by atoms with Gasteiger partial charge in [0.2, 0.25) is 0 Å². The number of benzene rings is 1. The highest BCUT2D eigenvalue weighted by molar-refractivity contribution is 5.21. The molecule has 0 radical (unpaired) electrons. The molecule has 0 heteroatoms. The van der Waals surface area contributed by atoms with E-state index < -0.39 is 0 Å². The van der Waals surface area contributed by atoms with Gasteiger partial charge in [-0.2, -0.15) is 0 Å². The molecular weight excluding hydrogens is 228 g/mol. The summed E-state index contributed by atoms with van der Waals surface area (Å²) >= 11 is 0. The van der Waals surface area contributed by atoms with Crippen molar-refractivity contribution in [2.45, 2.75) is 85.5 Å². The summed E-state index contributed by atoms with van der Waals surface area (Å²) in [5.41, 5.74) is 2.87. The Labute approximate surface area is 121 Å². The molecule has 0 spiro atoms. The lowest BCUT2D eigenvalue weighted by molar-refractivity contribution is 0.575. The fourth-order valence-corrected chi connectivity index (χ4v) is 2.22. The van der Waals surface area contributed by atoms with E-state index in [4.69, 9.17) is 0 Å². The van der Waals surface area contributed by atoms with Crippen LogP contribution >= 0.6 is 0 Å². The van der Waals surface area contributed by atoms with Gasteiger partial charge in [0.1, 0.15) is 0 Å². The van der Waals surface area contributed by atoms with Gasteiger partial charge in [0.25, 0.3) is 0 Å². The van der Waals surface area contributed by atoms with Gasteiger partial charge in [-0.1, -0.05) is 95.5 Å². The Kier molecular flexibility index (Phi) is 13.1. The van der Waals surface area contributed by atoms with Gasteiger partial charge in [-0.3, -0.25) is 0 Å². The molecule has 0 unspecified atom stereocenters. The van der Waals surface area contributed by atoms with Crippen molar-refractivity contribution in [3.8, 4) is 0 Å². The van der Waals surface area contributed by atoms with E-state index in [1.54, 1.807) is 0 Å². The van der Waals surface area contributed by atoms with Crippen molar-refractivity contribution in [1.82, 2.24) is 0 Å². The Morgan fingerprint density at radius 2 is 1.16 bits per heavy atom. The van der Waals surface area contributed by atoms with Gasteiger partial charge < -0.3 is 0 Å². The molecule has 0 atom stereocenters. The summed E-state index contributed by atoms with van der Waals surface area (Å²) in [6, 6.07) is 8.99. The summed E-state index contributed by atoms with van der Waals surface area (Å²) in [6.45, 7) is 8.43. The largest absolute Gasteiger partial charge is 0.0683 e. The third-order valence-corrected chi connectivity index (χ3v) is 3.44. The number of aryl methyl sites for hydroxylation is 2. The first-order valence-corrected chi connectivity index (χ1v) is 8.38. The third kappa shape index (κ3) is 10.8. The molecule has 0 saturated carbocycles. The van der Waals surface area contributed by atoms with Crippen LogP contribution in [0.5, 0.6) is 0 Å². The van der Waals surface area contributed by atoms with E-state index in [0.717, 1.165) is 0 Å². The molecule has 1 aromatic carbocycles. The van der Waals surface area contributed by atoms with Gasteiger partial charge in [0.05, 0.1) is 0 Å². The molecule has 1 aromatic rings. The van der Waals surface area contributed by atoms with Gasteiger partial charge in [0.15, 0.2) is 0 Å². The van der Waals surface area contributed by atoms with E-state index in [-0.39, 0.29) is 0 Å². The molecular formula is C19H34. The van der Waals surface area contributed by atoms with E-state index in [9.17, 15) is 0 Å². The first-order valence-electron chi connectivity index (χ1n) is 8.38. The second-order valence-electron chi connectivity index (χ2n) is 5.21. The summed E-state index contributed by atoms with van der Waals surface area (Å²) in [6.07, 6.45) is 12.5. The monoisotopic (exact) mass is 262 g/mol. The molecule has 0 saturated heterocycles. The van der Waals surface area contributed by atoms with Crippen LogP contribution in [0.25, 0.3) is 0 Å². The highest BCUT2D eigenvalue weighted by Gasteiger charge is 1.94. The second-order valence-corrected chi connectivity index (χ2v) is 5.21. The molecule has 0 amide bonds. The highest BCUT2D eigenvalue weighted by atomic mass is 14.0. The summed E-state index contributed by atoms with van der Waals surface area (Å²) in [4.78, 5) is 0. The number of unbranched alkanes of at least 4 members (excludes halogenated alkanes) is 7. The second kappa shape index (κ2) is 13.6. The average molecular weight is 262 g/mol. The normalized spacial score (nSPS) is 9.89. The summed E-state index contributed by atoms with van der Waals surface area (Å²) < 4.78 is 0. The summed E-state index contributed by atoms with van der Waals surface area (Å²) in [7, 11) is 0. The smallest absolute Gasteiger partial charge is 0.0279 e. The molecule has 0 fully saturated rings. The van der Waals surface area contributed by atoms with Gasteiger partial charge in [0, 0.05) is 0 Å². The van der Waals surface area contributed by atoms with Crippen LogP contribution in [-0.2, 0) is 6.42 Å². The molecule has 0 heterocycles. The molecule has 0 N–H and O–H groups in total. The van der Waals surface area contributed by atoms with E-state index in [1.165, 1.54) is 68.9 Å². The van der Waals surface area contributed by atoms with Gasteiger partial charge in [-0.05, 0) is 25.3 Å². The topological polar surface area (TPSA) is 0 Å². The molecule has 0 aromatic heterocycles. The van der Waals surface area contributed by atoms with Crippen LogP contribution in [0.2, 0.25) is 0 Å². The van der Waals surface area contributed by atoms with Crippen molar-refractivity contribution in [1.29, 1.82) is 0 Å². The van der Waals surface area contributed by atoms with E-state index >= 15 is 0 Å². The fraction of sp³-hybridized carbons (Fsp3) is 0.684. The molecule has 0 aliphatic rings. The Hall–Kier alpha value is -0.780. The summed E-state index contributed by atoms with van der Waals surface area (Å²) in [5.74, 6) is 0. The minimum atomic E-state index is 1.26. The molecule has 0 nitrogen and oxygen atoms in total. The zero-order valence-electron chi connectivity index (χ0n) is 13.7. The predicted octanol–water partition coefficient (Wildman–Crippen LogP) is 6.70. The van der Waals surface area contributed by atoms with Crippen LogP contribution in [0.3, 0.4) is 0 Å². The Bertz CT molecular complexity index is 271. The van der Waals surface area contributed by atoms with Gasteiger partial charge >= 0.3 is 0 Å². The van der Waals surface area contributed by atoms with Crippen molar-refractivity contribution in [2.75, 3.05) is 0 Å². The first kappa shape index (κ1) is 18.2. The minimum absolute atomic E-state index is 1.26. The first-order chi connectivity index (χ1) is 9.33. The van der Waals surface area contributed by atoms with E-state index in [2.05, 4.69) is 38.1 Å². The molecule has 1 rings (SSSR count). The zero-order chi connectivity index (χ0) is 14.3. The van der Waals surface area contributed by atoms with Crippen LogP contribution in [0.4, 0.5) is 0 Å². The van der Waals surface area contributed by atoms with Crippen molar-refractivity contribution in [2.24, 2.45) is 0 Å². The molecule has 0 aliphatic carbocycles. The van der Waals surface area contributed by atoms with Crippen LogP contribution in [-0.4, -0.2) is 0 Å². The maximum atomic E-state index is 2.28. The Morgan fingerprint density at radius 3 is 1.68 bits per heavy atom. The quantitative estimate of drug-likeness (QED) is 0.434. The summed E-state index contributed by atoms with van der Waals surface area (Å²) in [5, 5.41) is 0. The lowest BCUT2D eigenvalue weighted by Gasteiger charge is -2.03. The third-order valence-electron chi connectivity index (χ3n) is 3.44. The Morgan fingerprint density at radius 1 is 0.684 bits per heavy atom. The van der Waals surface area contributed by atoms with Crippen molar-refractivity contribution < 1.29 is 0 Å². The van der Waals surface area contributed by atoms with Gasteiger partial charge in [-0.15, -0.1) is 0 Å². The van der Waals surface area contributed by atoms with Crippen LogP contribution in [0.15, 0.2) is 24.3 Å². The maximum Gasteiger partial charge on any atom is -0.0279 e. The van der Waals surface area contributed by atoms with Crippen LogP contribution in [0, 0.1) is 6.92 Å². The molecule has 0 aliphatic heterocycles. The molecule has 110 valence electrons. The number of hydrogen-bond acceptors (Lipinski definition) is 0. The van der Waals surface area contributed by atoms with Crippen molar-refractivity contribution in [3.05, 3.63) is 35.4 Å². The lowest BCUT2D eigenvalue weighted by atomic mass is 10.0. The van der Waals surface area contributed by atoms with Crippen LogP contribution < -0.4 is 0 Å². The highest BCUT2D eigenvalue weighted by Crippen LogP contribution is 2.11. The molecule has 19 heavy (non-hydrogen) atoms. The maximum absolute atomic E-state index is 2.28. The van der Waals surface area contributed by atoms with Crippen molar-refractivity contribution >= 4 is 0 Å². The van der Waals surface area contributed by atoms with E-state index in [0.29, 0.717) is 0 Å².